The average Bonchev–Trinajstić information content (AvgIpc) is 3.10. The quantitative estimate of drug-likeness (QED) is 0.205. The molecule has 0 saturated carbocycles. The summed E-state index contributed by atoms with van der Waals surface area (Å²) in [5, 5.41) is 15.4. The first kappa shape index (κ1) is 34.7. The van der Waals surface area contributed by atoms with Gasteiger partial charge in [0.15, 0.2) is 6.29 Å². The van der Waals surface area contributed by atoms with Crippen LogP contribution < -0.4 is 10.6 Å². The van der Waals surface area contributed by atoms with E-state index < -0.39 is 6.29 Å². The Labute approximate surface area is 278 Å². The summed E-state index contributed by atoms with van der Waals surface area (Å²) in [5.74, 6) is 0.148. The average molecular weight is 644 g/mol. The topological polar surface area (TPSA) is 109 Å². The minimum Gasteiger partial charge on any atom is -0.392 e. The second-order valence-corrected chi connectivity index (χ2v) is 12.6. The van der Waals surface area contributed by atoms with E-state index in [1.165, 1.54) is 6.92 Å². The van der Waals surface area contributed by atoms with E-state index in [1.54, 1.807) is 0 Å². The van der Waals surface area contributed by atoms with Crippen molar-refractivity contribution in [1.29, 1.82) is 0 Å². The maximum atomic E-state index is 12.4. The highest BCUT2D eigenvalue weighted by Gasteiger charge is 2.39. The molecule has 4 atom stereocenters. The Morgan fingerprint density at radius 3 is 2.32 bits per heavy atom. The van der Waals surface area contributed by atoms with Gasteiger partial charge in [0.05, 0.1) is 32.0 Å². The van der Waals surface area contributed by atoms with Crippen LogP contribution in [0.2, 0.25) is 0 Å². The van der Waals surface area contributed by atoms with Gasteiger partial charge < -0.3 is 30.0 Å². The van der Waals surface area contributed by atoms with Gasteiger partial charge in [0.1, 0.15) is 0 Å². The van der Waals surface area contributed by atoms with Crippen LogP contribution in [-0.4, -0.2) is 67.3 Å². The Bertz CT molecular complexity index is 1420. The lowest BCUT2D eigenvalue weighted by Gasteiger charge is -2.43. The molecule has 3 N–H and O–H groups in total. The van der Waals surface area contributed by atoms with Crippen LogP contribution in [0.15, 0.2) is 72.8 Å². The molecule has 2 aliphatic rings. The van der Waals surface area contributed by atoms with E-state index in [2.05, 4.69) is 71.0 Å². The van der Waals surface area contributed by atoms with Crippen LogP contribution in [0.5, 0.6) is 0 Å². The predicted octanol–water partition coefficient (Wildman–Crippen LogP) is 5.28. The molecule has 5 rings (SSSR count). The molecular formula is C38H49N3O6. The number of hydrogen-bond acceptors (Lipinski definition) is 7. The van der Waals surface area contributed by atoms with Crippen molar-refractivity contribution in [3.8, 4) is 11.1 Å². The van der Waals surface area contributed by atoms with Crippen molar-refractivity contribution in [1.82, 2.24) is 15.5 Å². The smallest absolute Gasteiger partial charge is 0.220 e. The number of morpholine rings is 1. The van der Waals surface area contributed by atoms with Crippen LogP contribution in [0.25, 0.3) is 11.1 Å². The molecule has 3 aromatic rings. The monoisotopic (exact) mass is 643 g/mol. The number of rotatable bonds is 14. The van der Waals surface area contributed by atoms with E-state index in [9.17, 15) is 14.7 Å². The third-order valence-electron chi connectivity index (χ3n) is 9.05. The molecule has 0 aliphatic carbocycles. The lowest BCUT2D eigenvalue weighted by atomic mass is 9.90. The Kier molecular flexibility index (Phi) is 12.9. The summed E-state index contributed by atoms with van der Waals surface area (Å²) >= 11 is 0. The van der Waals surface area contributed by atoms with E-state index in [0.717, 1.165) is 85.5 Å². The summed E-state index contributed by atoms with van der Waals surface area (Å²) in [6, 6.07) is 24.6. The van der Waals surface area contributed by atoms with E-state index in [-0.39, 0.29) is 36.5 Å². The number of aliphatic hydroxyl groups excluding tert-OH is 1. The molecule has 9 nitrogen and oxygen atoms in total. The first-order valence-electron chi connectivity index (χ1n) is 16.9. The number of amides is 2. The molecule has 2 fully saturated rings. The van der Waals surface area contributed by atoms with E-state index >= 15 is 0 Å². The fourth-order valence-corrected chi connectivity index (χ4v) is 6.20. The molecule has 2 heterocycles. The van der Waals surface area contributed by atoms with Gasteiger partial charge in [-0.15, -0.1) is 0 Å². The third-order valence-corrected chi connectivity index (χ3v) is 9.05. The Morgan fingerprint density at radius 1 is 0.851 bits per heavy atom. The van der Waals surface area contributed by atoms with Gasteiger partial charge in [-0.3, -0.25) is 14.5 Å². The molecule has 2 amide bonds. The van der Waals surface area contributed by atoms with Crippen molar-refractivity contribution in [2.75, 3.05) is 39.4 Å². The number of carbonyl (C=O) groups is 2. The molecule has 0 unspecified atom stereocenters. The van der Waals surface area contributed by atoms with Gasteiger partial charge in [-0.25, -0.2) is 0 Å². The van der Waals surface area contributed by atoms with Crippen LogP contribution in [0.3, 0.4) is 0 Å². The third kappa shape index (κ3) is 10.2. The molecule has 0 spiro atoms. The lowest BCUT2D eigenvalue weighted by Crippen LogP contribution is -2.47. The minimum atomic E-state index is -0.513. The second kappa shape index (κ2) is 17.5. The number of nitrogens with one attached hydrogen (secondary N) is 2. The molecule has 3 aromatic carbocycles. The summed E-state index contributed by atoms with van der Waals surface area (Å²) in [6.07, 6.45) is 2.37. The number of ether oxygens (including phenoxy) is 3. The molecule has 0 aromatic heterocycles. The molecule has 2 aliphatic heterocycles. The van der Waals surface area contributed by atoms with Gasteiger partial charge in [-0.05, 0) is 46.7 Å². The van der Waals surface area contributed by atoms with Gasteiger partial charge >= 0.3 is 0 Å². The molecule has 0 radical (unpaired) electrons. The lowest BCUT2D eigenvalue weighted by molar-refractivity contribution is -0.277. The van der Waals surface area contributed by atoms with Crippen molar-refractivity contribution in [2.24, 2.45) is 5.92 Å². The fourth-order valence-electron chi connectivity index (χ4n) is 6.20. The number of nitrogens with zero attached hydrogens (tertiary/aromatic N) is 1. The van der Waals surface area contributed by atoms with Gasteiger partial charge in [0.2, 0.25) is 11.8 Å². The summed E-state index contributed by atoms with van der Waals surface area (Å²) in [7, 11) is 0. The SMILES string of the molecule is CC(=O)NCCCCCC(=O)NCc1cccc(-c2ccc([C@H]3O[C@@H](CN4CCOCC4)[C@@H](C)[C@@H](c4ccc(CO)cc4)O3)cc2)c1. The highest BCUT2D eigenvalue weighted by Crippen LogP contribution is 2.42. The fraction of sp³-hybridized carbons (Fsp3) is 0.474. The summed E-state index contributed by atoms with van der Waals surface area (Å²) < 4.78 is 18.9. The summed E-state index contributed by atoms with van der Waals surface area (Å²) in [5.41, 5.74) is 6.12. The van der Waals surface area contributed by atoms with Crippen LogP contribution in [0, 0.1) is 5.92 Å². The highest BCUT2D eigenvalue weighted by atomic mass is 16.7. The predicted molar refractivity (Wildman–Crippen MR) is 181 cm³/mol. The number of unbranched alkanes of at least 4 members (excludes halogenated alkanes) is 2. The highest BCUT2D eigenvalue weighted by molar-refractivity contribution is 5.76. The van der Waals surface area contributed by atoms with Crippen molar-refractivity contribution >= 4 is 11.8 Å². The largest absolute Gasteiger partial charge is 0.392 e. The first-order valence-corrected chi connectivity index (χ1v) is 16.9. The number of aliphatic hydroxyl groups is 1. The van der Waals surface area contributed by atoms with Gasteiger partial charge in [-0.1, -0.05) is 80.1 Å². The maximum Gasteiger partial charge on any atom is 0.220 e. The van der Waals surface area contributed by atoms with Crippen molar-refractivity contribution in [2.45, 2.75) is 71.2 Å². The number of carbonyl (C=O) groups excluding carboxylic acids is 2. The van der Waals surface area contributed by atoms with Crippen molar-refractivity contribution in [3.05, 3.63) is 95.1 Å². The number of benzene rings is 3. The molecule has 47 heavy (non-hydrogen) atoms. The first-order chi connectivity index (χ1) is 22.9. The molecule has 252 valence electrons. The van der Waals surface area contributed by atoms with Crippen LogP contribution in [0.4, 0.5) is 0 Å². The number of hydrogen-bond donors (Lipinski definition) is 3. The molecule has 2 saturated heterocycles. The maximum absolute atomic E-state index is 12.4. The Hall–Kier alpha value is -3.60. The van der Waals surface area contributed by atoms with Gasteiger partial charge in [0.25, 0.3) is 0 Å². The van der Waals surface area contributed by atoms with Crippen LogP contribution in [0.1, 0.15) is 74.2 Å². The normalized spacial score (nSPS) is 21.7. The Balaban J connectivity index is 1.21. The second-order valence-electron chi connectivity index (χ2n) is 12.6. The van der Waals surface area contributed by atoms with Crippen LogP contribution >= 0.6 is 0 Å². The van der Waals surface area contributed by atoms with E-state index in [1.807, 2.05) is 24.3 Å². The zero-order chi connectivity index (χ0) is 33.0. The standard InChI is InChI=1S/C38H49N3O6/c1-27-35(25-41-19-21-45-22-20-41)46-38(47-37(27)32-12-10-29(26-42)11-13-32)33-16-14-31(15-17-33)34-8-6-7-30(23-34)24-40-36(44)9-4-3-5-18-39-28(2)43/h6-8,10-17,23,27,35,37-38,42H,3-5,9,18-22,24-26H2,1-2H3,(H,39,43)(H,40,44)/t27-,35+,37+,38+/m1/s1. The Morgan fingerprint density at radius 2 is 1.60 bits per heavy atom. The van der Waals surface area contributed by atoms with Crippen molar-refractivity contribution in [3.63, 3.8) is 0 Å². The summed E-state index contributed by atoms with van der Waals surface area (Å²) in [6.45, 7) is 8.94. The molecule has 0 bridgehead atoms. The van der Waals surface area contributed by atoms with Gasteiger partial charge in [0, 0.05) is 57.5 Å². The zero-order valence-corrected chi connectivity index (χ0v) is 27.7. The molecular weight excluding hydrogens is 594 g/mol. The van der Waals surface area contributed by atoms with E-state index in [0.29, 0.717) is 19.5 Å². The van der Waals surface area contributed by atoms with Crippen molar-refractivity contribution < 1.29 is 28.9 Å². The van der Waals surface area contributed by atoms with Crippen LogP contribution in [-0.2, 0) is 37.0 Å². The van der Waals surface area contributed by atoms with Gasteiger partial charge in [-0.2, -0.15) is 0 Å². The molecule has 9 heteroatoms. The van der Waals surface area contributed by atoms with E-state index in [4.69, 9.17) is 14.2 Å². The minimum absolute atomic E-state index is 0.0136. The zero-order valence-electron chi connectivity index (χ0n) is 27.7. The summed E-state index contributed by atoms with van der Waals surface area (Å²) in [4.78, 5) is 25.7.